The summed E-state index contributed by atoms with van der Waals surface area (Å²) in [5, 5.41) is 0. The van der Waals surface area contributed by atoms with E-state index < -0.39 is 0 Å². The topological polar surface area (TPSA) is 0 Å². The Morgan fingerprint density at radius 3 is 0.400 bits per heavy atom. The highest BCUT2D eigenvalue weighted by Crippen LogP contribution is 2.77. The van der Waals surface area contributed by atoms with Gasteiger partial charge >= 0.3 is 0 Å². The quantitative estimate of drug-likeness (QED) is 0.213. The van der Waals surface area contributed by atoms with Crippen molar-refractivity contribution in [3.8, 4) is 59.2 Å². The number of rotatable bonds is 0. The van der Waals surface area contributed by atoms with Gasteiger partial charge in [0.05, 0.1) is 0 Å². The van der Waals surface area contributed by atoms with Gasteiger partial charge in [0.2, 0.25) is 0 Å². The zero-order valence-electron chi connectivity index (χ0n) is 37.2. The second-order valence-corrected chi connectivity index (χ2v) is 22.6. The van der Waals surface area contributed by atoms with Crippen molar-refractivity contribution in [2.45, 2.75) is 96.3 Å². The summed E-state index contributed by atoms with van der Waals surface area (Å²) in [6, 6.07) is 0. The SMILES string of the molecule is C1#CC2=C(C#CC3=C(C#CC4=C(C#CC5=C(C#CC6=C1C17C=CC=CC61CCC7)C16C=CC=CC51CCC6)C15C=CC=CC41CCC5)C14C=CC=CC31CCC4)C13C=CC=CC21CCC3. The fraction of sp³-hybridized carbons (Fsp3) is 0.385. The predicted molar refractivity (Wildman–Crippen MR) is 259 cm³/mol. The first-order valence-electron chi connectivity index (χ1n) is 25.2. The largest absolute Gasteiger partial charge is 0.0721 e. The molecule has 0 aromatic rings. The lowest BCUT2D eigenvalue weighted by Gasteiger charge is -2.56. The minimum Gasteiger partial charge on any atom is -0.0721 e. The van der Waals surface area contributed by atoms with Gasteiger partial charge in [-0.15, -0.1) is 0 Å². The summed E-state index contributed by atoms with van der Waals surface area (Å²) in [5.41, 5.74) is 11.7. The molecule has 10 unspecified atom stereocenters. The lowest BCUT2D eigenvalue weighted by atomic mass is 9.44. The molecule has 0 heterocycles. The van der Waals surface area contributed by atoms with Crippen LogP contribution in [0.2, 0.25) is 0 Å². The van der Waals surface area contributed by atoms with Crippen LogP contribution < -0.4 is 0 Å². The molecule has 10 atom stereocenters. The lowest BCUT2D eigenvalue weighted by molar-refractivity contribution is 0.227. The Morgan fingerprint density at radius 2 is 0.292 bits per heavy atom. The highest BCUT2D eigenvalue weighted by molar-refractivity contribution is 5.78. The maximum Gasteiger partial charge on any atom is 0.0363 e. The van der Waals surface area contributed by atoms with E-state index in [1.165, 1.54) is 87.8 Å². The first-order valence-corrected chi connectivity index (χ1v) is 25.2. The molecule has 0 saturated heterocycles. The average Bonchev–Trinajstić information content (AvgIpc) is 4.12. The van der Waals surface area contributed by atoms with Crippen molar-refractivity contribution in [3.05, 3.63) is 177 Å². The van der Waals surface area contributed by atoms with Crippen molar-refractivity contribution in [2.24, 2.45) is 54.1 Å². The maximum absolute atomic E-state index is 4.01. The van der Waals surface area contributed by atoms with Crippen molar-refractivity contribution in [3.63, 3.8) is 0 Å². The molecule has 0 radical (unpaired) electrons. The zero-order valence-corrected chi connectivity index (χ0v) is 37.2. The van der Waals surface area contributed by atoms with Crippen molar-refractivity contribution in [1.29, 1.82) is 0 Å². The molecule has 0 nitrogen and oxygen atoms in total. The van der Waals surface area contributed by atoms with E-state index in [4.69, 9.17) is 0 Å². The second-order valence-electron chi connectivity index (χ2n) is 22.6. The van der Waals surface area contributed by atoms with Crippen LogP contribution in [-0.2, 0) is 0 Å². The normalized spacial score (nSPS) is 46.8. The van der Waals surface area contributed by atoms with Gasteiger partial charge in [-0.25, -0.2) is 0 Å². The van der Waals surface area contributed by atoms with E-state index in [2.05, 4.69) is 181 Å². The third-order valence-electron chi connectivity index (χ3n) is 21.3. The van der Waals surface area contributed by atoms with Gasteiger partial charge in [0.1, 0.15) is 0 Å². The van der Waals surface area contributed by atoms with E-state index in [0.29, 0.717) is 0 Å². The zero-order chi connectivity index (χ0) is 42.6. The monoisotopic (exact) mass is 830 g/mol. The molecule has 16 aliphatic rings. The average molecular weight is 831 g/mol. The lowest BCUT2D eigenvalue weighted by Crippen LogP contribution is -2.50. The van der Waals surface area contributed by atoms with Gasteiger partial charge in [-0.1, -0.05) is 213 Å². The third kappa shape index (κ3) is 3.45. The van der Waals surface area contributed by atoms with Crippen molar-refractivity contribution < 1.29 is 0 Å². The van der Waals surface area contributed by atoms with Gasteiger partial charge in [-0.3, -0.25) is 0 Å². The molecule has 0 aliphatic heterocycles. The van der Waals surface area contributed by atoms with Crippen molar-refractivity contribution in [1.82, 2.24) is 0 Å². The van der Waals surface area contributed by atoms with Gasteiger partial charge in [-0.05, 0) is 64.2 Å². The summed E-state index contributed by atoms with van der Waals surface area (Å²) in [4.78, 5) is 0. The molecule has 5 fully saturated rings. The molecule has 0 aromatic carbocycles. The molecule has 5 saturated carbocycles. The van der Waals surface area contributed by atoms with E-state index in [1.807, 2.05) is 0 Å². The summed E-state index contributed by atoms with van der Waals surface area (Å²) in [7, 11) is 0. The number of hydrogen-bond acceptors (Lipinski definition) is 0. The molecule has 0 heteroatoms. The molecule has 0 spiro atoms. The Bertz CT molecular complexity index is 2640. The van der Waals surface area contributed by atoms with E-state index >= 15 is 0 Å². The summed E-state index contributed by atoms with van der Waals surface area (Å²) in [6.45, 7) is 0. The molecule has 0 bridgehead atoms. The Kier molecular flexibility index (Phi) is 6.28. The number of allylic oxidation sites excluding steroid dienone is 30. The molecular formula is C65H50. The molecular weight excluding hydrogens is 781 g/mol. The summed E-state index contributed by atoms with van der Waals surface area (Å²) in [6.07, 6.45) is 64.9. The molecule has 0 amide bonds. The maximum atomic E-state index is 4.01. The fourth-order valence-corrected chi connectivity index (χ4v) is 18.6. The van der Waals surface area contributed by atoms with Crippen LogP contribution in [0.4, 0.5) is 0 Å². The number of hydrogen-bond donors (Lipinski definition) is 0. The minimum absolute atomic E-state index is 0.0869. The summed E-state index contributed by atoms with van der Waals surface area (Å²) in [5.74, 6) is 40.1. The second kappa shape index (κ2) is 11.3. The highest BCUT2D eigenvalue weighted by Gasteiger charge is 2.70. The van der Waals surface area contributed by atoms with Crippen LogP contribution in [0.15, 0.2) is 177 Å². The van der Waals surface area contributed by atoms with E-state index in [9.17, 15) is 0 Å². The van der Waals surface area contributed by atoms with Crippen molar-refractivity contribution >= 4 is 0 Å². The van der Waals surface area contributed by atoms with Crippen LogP contribution in [0, 0.1) is 113 Å². The summed E-state index contributed by atoms with van der Waals surface area (Å²) < 4.78 is 0. The van der Waals surface area contributed by atoms with E-state index in [-0.39, 0.29) is 54.1 Å². The van der Waals surface area contributed by atoms with Gasteiger partial charge in [-0.2, -0.15) is 0 Å². The minimum atomic E-state index is -0.0869. The van der Waals surface area contributed by atoms with E-state index in [1.54, 1.807) is 0 Å². The van der Waals surface area contributed by atoms with Crippen LogP contribution in [0.5, 0.6) is 0 Å². The highest BCUT2D eigenvalue weighted by atomic mass is 14.7. The van der Waals surface area contributed by atoms with Gasteiger partial charge in [0.15, 0.2) is 0 Å². The van der Waals surface area contributed by atoms with E-state index in [0.717, 1.165) is 64.2 Å². The molecule has 65 heavy (non-hydrogen) atoms. The molecule has 16 rings (SSSR count). The van der Waals surface area contributed by atoms with Crippen molar-refractivity contribution in [2.75, 3.05) is 0 Å². The first-order chi connectivity index (χ1) is 32.0. The standard InChI is InChI=1S/C65H50/c1-2-27-57-37-11-36-56(57,26-1)46-16-17-48-50(60-30-4-3-28-58(48,60)38-12-40-60)20-21-52-54(64-34-8-7-32-62(52,64)42-14-44-64)24-25-55-53(63-33-9-10-35-65(55,63)45-15-43-63)23-22-51-49(19-18-47(46)57)59-29-5-6-31-61(51,59)41-13-39-59/h1-10,26-35H,11-15,36-45H2. The smallest absolute Gasteiger partial charge is 0.0363 e. The Balaban J connectivity index is 1.00. The molecule has 0 aromatic heterocycles. The van der Waals surface area contributed by atoms with Gasteiger partial charge < -0.3 is 0 Å². The fourth-order valence-electron chi connectivity index (χ4n) is 18.6. The first kappa shape index (κ1) is 36.2. The molecule has 0 N–H and O–H groups in total. The molecule has 310 valence electrons. The summed E-state index contributed by atoms with van der Waals surface area (Å²) >= 11 is 0. The van der Waals surface area contributed by atoms with Crippen LogP contribution >= 0.6 is 0 Å². The Hall–Kier alpha value is -6.10. The third-order valence-corrected chi connectivity index (χ3v) is 21.3. The van der Waals surface area contributed by atoms with Gasteiger partial charge in [0, 0.05) is 110 Å². The predicted octanol–water partition coefficient (Wildman–Crippen LogP) is 13.0. The Morgan fingerprint density at radius 1 is 0.185 bits per heavy atom. The van der Waals surface area contributed by atoms with Crippen LogP contribution in [-0.4, -0.2) is 0 Å². The Labute approximate surface area is 385 Å². The van der Waals surface area contributed by atoms with Crippen LogP contribution in [0.1, 0.15) is 96.3 Å². The van der Waals surface area contributed by atoms with Crippen LogP contribution in [0.3, 0.4) is 0 Å². The van der Waals surface area contributed by atoms with Gasteiger partial charge in [0.25, 0.3) is 0 Å². The van der Waals surface area contributed by atoms with Crippen LogP contribution in [0.25, 0.3) is 0 Å². The molecule has 16 aliphatic carbocycles.